The Labute approximate surface area is 97.8 Å². The van der Waals surface area contributed by atoms with Crippen molar-refractivity contribution in [2.24, 2.45) is 5.92 Å². The van der Waals surface area contributed by atoms with E-state index in [9.17, 15) is 0 Å². The quantitative estimate of drug-likeness (QED) is 0.775. The van der Waals surface area contributed by atoms with Gasteiger partial charge in [0.25, 0.3) is 0 Å². The third kappa shape index (κ3) is 4.31. The number of hydrogen-bond acceptors (Lipinski definition) is 4. The van der Waals surface area contributed by atoms with E-state index in [1.807, 2.05) is 0 Å². The Balaban J connectivity index is 2.43. The van der Waals surface area contributed by atoms with Crippen LogP contribution in [0.15, 0.2) is 4.52 Å². The van der Waals surface area contributed by atoms with Crippen LogP contribution in [0.3, 0.4) is 0 Å². The van der Waals surface area contributed by atoms with Crippen molar-refractivity contribution in [3.63, 3.8) is 0 Å². The second-order valence-corrected chi connectivity index (χ2v) is 4.66. The van der Waals surface area contributed by atoms with Gasteiger partial charge in [0.1, 0.15) is 0 Å². The first-order valence-electron chi connectivity index (χ1n) is 6.19. The molecule has 1 aromatic heterocycles. The molecule has 0 radical (unpaired) electrons. The van der Waals surface area contributed by atoms with Crippen LogP contribution in [0.2, 0.25) is 0 Å². The van der Waals surface area contributed by atoms with Gasteiger partial charge >= 0.3 is 0 Å². The topological polar surface area (TPSA) is 51.0 Å². The van der Waals surface area contributed by atoms with Crippen molar-refractivity contribution in [1.29, 1.82) is 0 Å². The van der Waals surface area contributed by atoms with Crippen LogP contribution >= 0.6 is 0 Å². The fourth-order valence-electron chi connectivity index (χ4n) is 1.41. The lowest BCUT2D eigenvalue weighted by Crippen LogP contribution is -2.19. The van der Waals surface area contributed by atoms with Crippen molar-refractivity contribution in [1.82, 2.24) is 15.5 Å². The zero-order valence-corrected chi connectivity index (χ0v) is 10.8. The van der Waals surface area contributed by atoms with E-state index in [-0.39, 0.29) is 6.04 Å². The molecule has 0 aromatic carbocycles. The van der Waals surface area contributed by atoms with Gasteiger partial charge in [0.2, 0.25) is 5.89 Å². The minimum absolute atomic E-state index is 0.153. The van der Waals surface area contributed by atoms with Gasteiger partial charge in [-0.05, 0) is 32.2 Å². The van der Waals surface area contributed by atoms with Gasteiger partial charge in [-0.1, -0.05) is 25.9 Å². The van der Waals surface area contributed by atoms with Crippen LogP contribution in [0.25, 0.3) is 0 Å². The molecule has 16 heavy (non-hydrogen) atoms. The van der Waals surface area contributed by atoms with Gasteiger partial charge in [0, 0.05) is 6.42 Å². The Kier molecular flexibility index (Phi) is 5.46. The maximum absolute atomic E-state index is 5.23. The Hall–Kier alpha value is -0.900. The first-order chi connectivity index (χ1) is 7.63. The molecule has 0 saturated carbocycles. The molecule has 1 heterocycles. The van der Waals surface area contributed by atoms with E-state index in [2.05, 4.69) is 43.2 Å². The normalized spacial score (nSPS) is 13.3. The summed E-state index contributed by atoms with van der Waals surface area (Å²) in [5.74, 6) is 2.21. The first-order valence-corrected chi connectivity index (χ1v) is 6.19. The number of nitrogens with zero attached hydrogens (tertiary/aromatic N) is 2. The zero-order valence-electron chi connectivity index (χ0n) is 10.8. The highest BCUT2D eigenvalue weighted by Crippen LogP contribution is 2.11. The summed E-state index contributed by atoms with van der Waals surface area (Å²) in [5.41, 5.74) is 0. The molecule has 1 rings (SSSR count). The number of rotatable bonds is 7. The lowest BCUT2D eigenvalue weighted by Gasteiger charge is -2.06. The molecule has 4 nitrogen and oxygen atoms in total. The van der Waals surface area contributed by atoms with Gasteiger partial charge in [-0.3, -0.25) is 0 Å². The third-order valence-corrected chi connectivity index (χ3v) is 2.50. The smallest absolute Gasteiger partial charge is 0.243 e. The Morgan fingerprint density at radius 2 is 2.06 bits per heavy atom. The molecule has 0 aliphatic carbocycles. The van der Waals surface area contributed by atoms with Crippen LogP contribution in [-0.2, 0) is 6.42 Å². The van der Waals surface area contributed by atoms with Crippen molar-refractivity contribution in [2.75, 3.05) is 6.54 Å². The van der Waals surface area contributed by atoms with Gasteiger partial charge < -0.3 is 9.84 Å². The molecule has 92 valence electrons. The Morgan fingerprint density at radius 1 is 1.31 bits per heavy atom. The molecule has 0 saturated heterocycles. The van der Waals surface area contributed by atoms with Crippen LogP contribution in [0, 0.1) is 5.92 Å². The largest absolute Gasteiger partial charge is 0.338 e. The minimum atomic E-state index is 0.153. The predicted molar refractivity (Wildman–Crippen MR) is 64.2 cm³/mol. The lowest BCUT2D eigenvalue weighted by molar-refractivity contribution is 0.336. The third-order valence-electron chi connectivity index (χ3n) is 2.50. The molecular formula is C12H23N3O. The summed E-state index contributed by atoms with van der Waals surface area (Å²) < 4.78 is 5.23. The molecule has 0 spiro atoms. The molecule has 0 aliphatic heterocycles. The van der Waals surface area contributed by atoms with E-state index in [0.717, 1.165) is 31.6 Å². The number of aryl methyl sites for hydroxylation is 1. The number of nitrogens with one attached hydrogen (secondary N) is 1. The van der Waals surface area contributed by atoms with Gasteiger partial charge in [0.05, 0.1) is 6.04 Å². The summed E-state index contributed by atoms with van der Waals surface area (Å²) in [7, 11) is 0. The predicted octanol–water partition coefficient (Wildman–Crippen LogP) is 2.72. The first kappa shape index (κ1) is 13.2. The van der Waals surface area contributed by atoms with Crippen molar-refractivity contribution in [3.05, 3.63) is 11.7 Å². The zero-order chi connectivity index (χ0) is 12.0. The SMILES string of the molecule is CCCNC(C)c1nc(CCC(C)C)no1. The molecule has 4 heteroatoms. The molecule has 1 atom stereocenters. The molecule has 1 aromatic rings. The maximum Gasteiger partial charge on any atom is 0.243 e. The van der Waals surface area contributed by atoms with Crippen LogP contribution in [-0.4, -0.2) is 16.7 Å². The van der Waals surface area contributed by atoms with Crippen LogP contribution in [0.1, 0.15) is 58.3 Å². The maximum atomic E-state index is 5.23. The summed E-state index contributed by atoms with van der Waals surface area (Å²) in [4.78, 5) is 4.39. The minimum Gasteiger partial charge on any atom is -0.338 e. The van der Waals surface area contributed by atoms with E-state index in [4.69, 9.17) is 4.52 Å². The van der Waals surface area contributed by atoms with E-state index in [1.165, 1.54) is 0 Å². The van der Waals surface area contributed by atoms with Gasteiger partial charge in [-0.15, -0.1) is 0 Å². The second-order valence-electron chi connectivity index (χ2n) is 4.66. The van der Waals surface area contributed by atoms with Gasteiger partial charge in [-0.25, -0.2) is 0 Å². The molecule has 0 aliphatic rings. The fourth-order valence-corrected chi connectivity index (χ4v) is 1.41. The average Bonchev–Trinajstić information content (AvgIpc) is 2.71. The Bertz CT molecular complexity index is 296. The molecule has 0 bridgehead atoms. The molecule has 0 amide bonds. The highest BCUT2D eigenvalue weighted by Gasteiger charge is 2.13. The molecular weight excluding hydrogens is 202 g/mol. The molecule has 0 fully saturated rings. The van der Waals surface area contributed by atoms with Crippen LogP contribution < -0.4 is 5.32 Å². The summed E-state index contributed by atoms with van der Waals surface area (Å²) in [5, 5.41) is 7.32. The van der Waals surface area contributed by atoms with Gasteiger partial charge in [-0.2, -0.15) is 4.98 Å². The average molecular weight is 225 g/mol. The Morgan fingerprint density at radius 3 is 2.69 bits per heavy atom. The lowest BCUT2D eigenvalue weighted by atomic mass is 10.1. The molecule has 1 N–H and O–H groups in total. The second kappa shape index (κ2) is 6.63. The van der Waals surface area contributed by atoms with E-state index in [1.54, 1.807) is 0 Å². The van der Waals surface area contributed by atoms with Crippen molar-refractivity contribution >= 4 is 0 Å². The number of hydrogen-bond donors (Lipinski definition) is 1. The van der Waals surface area contributed by atoms with E-state index < -0.39 is 0 Å². The highest BCUT2D eigenvalue weighted by atomic mass is 16.5. The summed E-state index contributed by atoms with van der Waals surface area (Å²) in [6.07, 6.45) is 3.12. The summed E-state index contributed by atoms with van der Waals surface area (Å²) in [6.45, 7) is 9.57. The summed E-state index contributed by atoms with van der Waals surface area (Å²) in [6, 6.07) is 0.153. The van der Waals surface area contributed by atoms with Crippen LogP contribution in [0.5, 0.6) is 0 Å². The monoisotopic (exact) mass is 225 g/mol. The number of aromatic nitrogens is 2. The van der Waals surface area contributed by atoms with Crippen molar-refractivity contribution < 1.29 is 4.52 Å². The molecule has 1 unspecified atom stereocenters. The summed E-state index contributed by atoms with van der Waals surface area (Å²) >= 11 is 0. The highest BCUT2D eigenvalue weighted by molar-refractivity contribution is 4.91. The van der Waals surface area contributed by atoms with E-state index in [0.29, 0.717) is 11.8 Å². The van der Waals surface area contributed by atoms with Crippen LogP contribution in [0.4, 0.5) is 0 Å². The standard InChI is InChI=1S/C12H23N3O/c1-5-8-13-10(4)12-14-11(15-16-12)7-6-9(2)3/h9-10,13H,5-8H2,1-4H3. The van der Waals surface area contributed by atoms with E-state index >= 15 is 0 Å². The van der Waals surface area contributed by atoms with Crippen molar-refractivity contribution in [2.45, 2.75) is 53.0 Å². The van der Waals surface area contributed by atoms with Crippen molar-refractivity contribution in [3.8, 4) is 0 Å². The van der Waals surface area contributed by atoms with Gasteiger partial charge in [0.15, 0.2) is 5.82 Å². The fraction of sp³-hybridized carbons (Fsp3) is 0.833.